The number of urea groups is 1. The minimum atomic E-state index is -0.0903. The average molecular weight is 316 g/mol. The highest BCUT2D eigenvalue weighted by molar-refractivity contribution is 7.10. The second kappa shape index (κ2) is 6.40. The van der Waals surface area contributed by atoms with Gasteiger partial charge in [0.1, 0.15) is 5.75 Å². The summed E-state index contributed by atoms with van der Waals surface area (Å²) in [6, 6.07) is 9.79. The summed E-state index contributed by atoms with van der Waals surface area (Å²) in [4.78, 5) is 15.8. The highest BCUT2D eigenvalue weighted by Crippen LogP contribution is 2.26. The maximum Gasteiger partial charge on any atom is 0.318 e. The van der Waals surface area contributed by atoms with Crippen LogP contribution in [0, 0.1) is 0 Å². The highest BCUT2D eigenvalue weighted by atomic mass is 32.1. The van der Waals surface area contributed by atoms with Crippen LogP contribution in [0.5, 0.6) is 5.75 Å². The van der Waals surface area contributed by atoms with Gasteiger partial charge in [0, 0.05) is 23.5 Å². The van der Waals surface area contributed by atoms with Crippen molar-refractivity contribution in [2.75, 3.05) is 13.7 Å². The molecule has 1 aliphatic heterocycles. The summed E-state index contributed by atoms with van der Waals surface area (Å²) in [5.74, 6) is 0.800. The molecule has 1 aromatic heterocycles. The maximum atomic E-state index is 12.5. The molecule has 4 nitrogen and oxygen atoms in total. The van der Waals surface area contributed by atoms with Gasteiger partial charge in [-0.25, -0.2) is 4.79 Å². The Hall–Kier alpha value is -2.01. The van der Waals surface area contributed by atoms with Crippen LogP contribution in [-0.2, 0) is 13.0 Å². The summed E-state index contributed by atoms with van der Waals surface area (Å²) in [6.07, 6.45) is 0.948. The van der Waals surface area contributed by atoms with E-state index in [1.54, 1.807) is 18.4 Å². The first-order valence-corrected chi connectivity index (χ1v) is 8.30. The van der Waals surface area contributed by atoms with E-state index in [1.165, 1.54) is 10.4 Å². The molecule has 1 aliphatic rings. The number of benzene rings is 1. The number of hydrogen-bond donors (Lipinski definition) is 1. The largest absolute Gasteiger partial charge is 0.496 e. The Balaban J connectivity index is 1.67. The standard InChI is InChI=1S/C17H20N2O2S/c1-12(14-5-3-4-6-15(14)21-2)18-17(20)19-9-7-16-13(11-19)8-10-22-16/h3-6,8,10,12H,7,9,11H2,1-2H3,(H,18,20). The third kappa shape index (κ3) is 2.95. The van der Waals surface area contributed by atoms with Crippen molar-refractivity contribution in [3.8, 4) is 5.75 Å². The minimum Gasteiger partial charge on any atom is -0.496 e. The van der Waals surface area contributed by atoms with Crippen LogP contribution in [0.15, 0.2) is 35.7 Å². The van der Waals surface area contributed by atoms with E-state index in [9.17, 15) is 4.79 Å². The highest BCUT2D eigenvalue weighted by Gasteiger charge is 2.23. The van der Waals surface area contributed by atoms with Crippen LogP contribution < -0.4 is 10.1 Å². The van der Waals surface area contributed by atoms with Crippen LogP contribution in [0.25, 0.3) is 0 Å². The third-order valence-corrected chi connectivity index (χ3v) is 5.06. The Morgan fingerprint density at radius 3 is 3.00 bits per heavy atom. The number of ether oxygens (including phenoxy) is 1. The minimum absolute atomic E-state index is 0.0183. The van der Waals surface area contributed by atoms with Gasteiger partial charge in [-0.2, -0.15) is 0 Å². The van der Waals surface area contributed by atoms with Crippen LogP contribution in [0.2, 0.25) is 0 Å². The molecule has 2 aromatic rings. The lowest BCUT2D eigenvalue weighted by atomic mass is 10.1. The number of methoxy groups -OCH3 is 1. The molecule has 0 bridgehead atoms. The average Bonchev–Trinajstić information content (AvgIpc) is 3.02. The van der Waals surface area contributed by atoms with Gasteiger partial charge in [-0.15, -0.1) is 11.3 Å². The van der Waals surface area contributed by atoms with Gasteiger partial charge in [-0.1, -0.05) is 18.2 Å². The quantitative estimate of drug-likeness (QED) is 0.940. The zero-order chi connectivity index (χ0) is 15.5. The number of nitrogens with one attached hydrogen (secondary N) is 1. The predicted molar refractivity (Wildman–Crippen MR) is 88.4 cm³/mol. The number of amides is 2. The molecule has 2 heterocycles. The number of carbonyl (C=O) groups is 1. The van der Waals surface area contributed by atoms with Crippen molar-refractivity contribution in [1.29, 1.82) is 0 Å². The van der Waals surface area contributed by atoms with Crippen molar-refractivity contribution >= 4 is 17.4 Å². The summed E-state index contributed by atoms with van der Waals surface area (Å²) in [6.45, 7) is 3.46. The van der Waals surface area contributed by atoms with E-state index in [0.717, 1.165) is 24.3 Å². The normalized spacial score (nSPS) is 15.1. The first kappa shape index (κ1) is 14.9. The molecule has 22 heavy (non-hydrogen) atoms. The Morgan fingerprint density at radius 2 is 2.18 bits per heavy atom. The molecule has 2 amide bonds. The number of nitrogens with zero attached hydrogens (tertiary/aromatic N) is 1. The number of rotatable bonds is 3. The van der Waals surface area contributed by atoms with E-state index < -0.39 is 0 Å². The number of hydrogen-bond acceptors (Lipinski definition) is 3. The van der Waals surface area contributed by atoms with Crippen LogP contribution in [0.3, 0.4) is 0 Å². The van der Waals surface area contributed by atoms with Crippen molar-refractivity contribution in [3.63, 3.8) is 0 Å². The molecule has 1 atom stereocenters. The molecular weight excluding hydrogens is 296 g/mol. The van der Waals surface area contributed by atoms with Crippen molar-refractivity contribution in [2.45, 2.75) is 25.9 Å². The second-order valence-electron chi connectivity index (χ2n) is 5.45. The lowest BCUT2D eigenvalue weighted by Crippen LogP contribution is -2.43. The summed E-state index contributed by atoms with van der Waals surface area (Å²) < 4.78 is 5.37. The van der Waals surface area contributed by atoms with Crippen LogP contribution in [0.1, 0.15) is 29.0 Å². The lowest BCUT2D eigenvalue weighted by Gasteiger charge is -2.29. The number of fused-ring (bicyclic) bond motifs is 1. The summed E-state index contributed by atoms with van der Waals surface area (Å²) in [7, 11) is 1.65. The van der Waals surface area contributed by atoms with Crippen LogP contribution in [0.4, 0.5) is 4.79 Å². The van der Waals surface area contributed by atoms with Gasteiger partial charge < -0.3 is 15.0 Å². The number of para-hydroxylation sites is 1. The molecule has 1 N–H and O–H groups in total. The predicted octanol–water partition coefficient (Wildman–Crippen LogP) is 3.59. The second-order valence-corrected chi connectivity index (χ2v) is 6.45. The smallest absolute Gasteiger partial charge is 0.318 e. The number of carbonyl (C=O) groups excluding carboxylic acids is 1. The Bertz CT molecular complexity index is 668. The summed E-state index contributed by atoms with van der Waals surface area (Å²) >= 11 is 1.78. The van der Waals surface area contributed by atoms with Gasteiger partial charge in [0.05, 0.1) is 13.2 Å². The first-order chi connectivity index (χ1) is 10.7. The van der Waals surface area contributed by atoms with Gasteiger partial charge in [-0.05, 0) is 36.4 Å². The van der Waals surface area contributed by atoms with E-state index in [-0.39, 0.29) is 12.1 Å². The zero-order valence-electron chi connectivity index (χ0n) is 12.8. The van der Waals surface area contributed by atoms with E-state index in [4.69, 9.17) is 4.74 Å². The fraction of sp³-hybridized carbons (Fsp3) is 0.353. The molecule has 0 radical (unpaired) electrons. The molecule has 0 spiro atoms. The van der Waals surface area contributed by atoms with Gasteiger partial charge >= 0.3 is 6.03 Å². The molecular formula is C17H20N2O2S. The maximum absolute atomic E-state index is 12.5. The van der Waals surface area contributed by atoms with Gasteiger partial charge in [0.2, 0.25) is 0 Å². The Morgan fingerprint density at radius 1 is 1.36 bits per heavy atom. The van der Waals surface area contributed by atoms with E-state index in [2.05, 4.69) is 16.8 Å². The molecule has 0 saturated carbocycles. The molecule has 3 rings (SSSR count). The molecule has 5 heteroatoms. The lowest BCUT2D eigenvalue weighted by molar-refractivity contribution is 0.189. The topological polar surface area (TPSA) is 41.6 Å². The summed E-state index contributed by atoms with van der Waals surface area (Å²) in [5, 5.41) is 5.17. The van der Waals surface area contributed by atoms with Crippen molar-refractivity contribution in [1.82, 2.24) is 10.2 Å². The SMILES string of the molecule is COc1ccccc1C(C)NC(=O)N1CCc2sccc2C1. The first-order valence-electron chi connectivity index (χ1n) is 7.42. The van der Waals surface area contributed by atoms with Crippen molar-refractivity contribution < 1.29 is 9.53 Å². The van der Waals surface area contributed by atoms with Gasteiger partial charge in [0.25, 0.3) is 0 Å². The van der Waals surface area contributed by atoms with Gasteiger partial charge in [-0.3, -0.25) is 0 Å². The fourth-order valence-corrected chi connectivity index (χ4v) is 3.69. The van der Waals surface area contributed by atoms with Gasteiger partial charge in [0.15, 0.2) is 0 Å². The fourth-order valence-electron chi connectivity index (χ4n) is 2.80. The third-order valence-electron chi connectivity index (χ3n) is 4.04. The number of thiophene rings is 1. The molecule has 0 saturated heterocycles. The van der Waals surface area contributed by atoms with E-state index >= 15 is 0 Å². The van der Waals surface area contributed by atoms with E-state index in [1.807, 2.05) is 36.1 Å². The molecule has 1 unspecified atom stereocenters. The summed E-state index contributed by atoms with van der Waals surface area (Å²) in [5.41, 5.74) is 2.27. The van der Waals surface area contributed by atoms with E-state index in [0.29, 0.717) is 6.54 Å². The Kier molecular flexibility index (Phi) is 4.34. The Labute approximate surface area is 134 Å². The molecule has 0 fully saturated rings. The van der Waals surface area contributed by atoms with Crippen molar-refractivity contribution in [2.24, 2.45) is 0 Å². The molecule has 1 aromatic carbocycles. The van der Waals surface area contributed by atoms with Crippen molar-refractivity contribution in [3.05, 3.63) is 51.7 Å². The molecule has 116 valence electrons. The van der Waals surface area contributed by atoms with Crippen LogP contribution >= 0.6 is 11.3 Å². The monoisotopic (exact) mass is 316 g/mol. The van der Waals surface area contributed by atoms with Crippen LogP contribution in [-0.4, -0.2) is 24.6 Å². The zero-order valence-corrected chi connectivity index (χ0v) is 13.7. The molecule has 0 aliphatic carbocycles.